The Morgan fingerprint density at radius 1 is 0.952 bits per heavy atom. The number of benzene rings is 2. The van der Waals surface area contributed by atoms with E-state index in [0.717, 1.165) is 0 Å². The second-order valence-electron chi connectivity index (χ2n) is 4.35. The minimum atomic E-state index is -0.457. The highest BCUT2D eigenvalue weighted by molar-refractivity contribution is 9.10. The molecule has 1 heterocycles. The average Bonchev–Trinajstić information content (AvgIpc) is 2.84. The summed E-state index contributed by atoms with van der Waals surface area (Å²) in [6.07, 6.45) is 0. The van der Waals surface area contributed by atoms with Gasteiger partial charge in [-0.3, -0.25) is 0 Å². The van der Waals surface area contributed by atoms with Gasteiger partial charge >= 0.3 is 0 Å². The van der Waals surface area contributed by atoms with Crippen LogP contribution in [0, 0.1) is 11.6 Å². The molecular weight excluding hydrogens is 342 g/mol. The van der Waals surface area contributed by atoms with Gasteiger partial charge in [-0.05, 0) is 34.1 Å². The van der Waals surface area contributed by atoms with E-state index < -0.39 is 11.6 Å². The standard InChI is InChI=1S/C15H9BrF2N2O/c16-13-9(5-3-7-11(13)18)14-12(15(19)20-21-14)8-4-1-2-6-10(8)17/h1-7H,(H2,19,20). The van der Waals surface area contributed by atoms with E-state index in [0.29, 0.717) is 11.1 Å². The first-order valence-corrected chi connectivity index (χ1v) is 6.83. The lowest BCUT2D eigenvalue weighted by atomic mass is 10.0. The number of anilines is 1. The van der Waals surface area contributed by atoms with Crippen LogP contribution in [0.15, 0.2) is 51.5 Å². The van der Waals surface area contributed by atoms with Gasteiger partial charge in [0.2, 0.25) is 0 Å². The minimum Gasteiger partial charge on any atom is -0.380 e. The van der Waals surface area contributed by atoms with E-state index in [1.807, 2.05) is 0 Å². The van der Waals surface area contributed by atoms with E-state index in [4.69, 9.17) is 10.3 Å². The zero-order valence-electron chi connectivity index (χ0n) is 10.6. The molecule has 0 aliphatic heterocycles. The molecule has 1 aromatic heterocycles. The van der Waals surface area contributed by atoms with Crippen LogP contribution in [0.4, 0.5) is 14.6 Å². The Kier molecular flexibility index (Phi) is 3.47. The molecule has 3 rings (SSSR count). The predicted molar refractivity (Wildman–Crippen MR) is 79.4 cm³/mol. The van der Waals surface area contributed by atoms with Crippen molar-refractivity contribution in [2.24, 2.45) is 0 Å². The maximum Gasteiger partial charge on any atom is 0.178 e. The summed E-state index contributed by atoms with van der Waals surface area (Å²) < 4.78 is 33.1. The SMILES string of the molecule is Nc1noc(-c2cccc(F)c2Br)c1-c1ccccc1F. The van der Waals surface area contributed by atoms with Crippen LogP contribution in [-0.4, -0.2) is 5.16 Å². The molecule has 6 heteroatoms. The lowest BCUT2D eigenvalue weighted by molar-refractivity contribution is 0.435. The van der Waals surface area contributed by atoms with Crippen molar-refractivity contribution in [3.05, 3.63) is 58.6 Å². The van der Waals surface area contributed by atoms with Gasteiger partial charge in [0, 0.05) is 11.1 Å². The largest absolute Gasteiger partial charge is 0.380 e. The fourth-order valence-electron chi connectivity index (χ4n) is 2.09. The van der Waals surface area contributed by atoms with Crippen LogP contribution < -0.4 is 5.73 Å². The molecule has 2 N–H and O–H groups in total. The number of hydrogen-bond donors (Lipinski definition) is 1. The Balaban J connectivity index is 2.28. The Bertz CT molecular complexity index is 817. The summed E-state index contributed by atoms with van der Waals surface area (Å²) in [7, 11) is 0. The smallest absolute Gasteiger partial charge is 0.178 e. The van der Waals surface area contributed by atoms with E-state index in [-0.39, 0.29) is 21.6 Å². The average molecular weight is 351 g/mol. The van der Waals surface area contributed by atoms with Gasteiger partial charge in [-0.15, -0.1) is 0 Å². The van der Waals surface area contributed by atoms with Gasteiger partial charge in [-0.1, -0.05) is 29.4 Å². The van der Waals surface area contributed by atoms with Crippen molar-refractivity contribution < 1.29 is 13.3 Å². The van der Waals surface area contributed by atoms with E-state index in [9.17, 15) is 8.78 Å². The van der Waals surface area contributed by atoms with Crippen molar-refractivity contribution in [3.63, 3.8) is 0 Å². The Labute approximate surface area is 127 Å². The lowest BCUT2D eigenvalue weighted by Gasteiger charge is -2.06. The van der Waals surface area contributed by atoms with Gasteiger partial charge in [0.15, 0.2) is 11.6 Å². The molecule has 0 atom stereocenters. The molecular formula is C15H9BrF2N2O. The molecule has 0 aliphatic carbocycles. The van der Waals surface area contributed by atoms with Crippen molar-refractivity contribution >= 4 is 21.7 Å². The fraction of sp³-hybridized carbons (Fsp3) is 0. The van der Waals surface area contributed by atoms with Gasteiger partial charge in [0.05, 0.1) is 10.0 Å². The number of halogens is 3. The number of nitrogen functional groups attached to an aromatic ring is 1. The third-order valence-electron chi connectivity index (χ3n) is 3.06. The summed E-state index contributed by atoms with van der Waals surface area (Å²) in [6, 6.07) is 10.6. The summed E-state index contributed by atoms with van der Waals surface area (Å²) in [5.41, 5.74) is 6.76. The topological polar surface area (TPSA) is 52.0 Å². The monoisotopic (exact) mass is 350 g/mol. The maximum atomic E-state index is 14.0. The number of nitrogens with two attached hydrogens (primary N) is 1. The second-order valence-corrected chi connectivity index (χ2v) is 5.15. The molecule has 3 nitrogen and oxygen atoms in total. The van der Waals surface area contributed by atoms with E-state index >= 15 is 0 Å². The molecule has 21 heavy (non-hydrogen) atoms. The lowest BCUT2D eigenvalue weighted by Crippen LogP contribution is -1.92. The molecule has 0 spiro atoms. The first-order chi connectivity index (χ1) is 10.1. The summed E-state index contributed by atoms with van der Waals surface area (Å²) in [5.74, 6) is -0.654. The maximum absolute atomic E-state index is 14.0. The molecule has 2 aromatic carbocycles. The summed E-state index contributed by atoms with van der Waals surface area (Å²) >= 11 is 3.15. The number of aromatic nitrogens is 1. The molecule has 0 fully saturated rings. The van der Waals surface area contributed by atoms with Crippen LogP contribution in [0.1, 0.15) is 0 Å². The number of nitrogens with zero attached hydrogens (tertiary/aromatic N) is 1. The molecule has 0 bridgehead atoms. The summed E-state index contributed by atoms with van der Waals surface area (Å²) in [6.45, 7) is 0. The summed E-state index contributed by atoms with van der Waals surface area (Å²) in [4.78, 5) is 0. The zero-order valence-corrected chi connectivity index (χ0v) is 12.2. The van der Waals surface area contributed by atoms with Crippen molar-refractivity contribution in [1.29, 1.82) is 0 Å². The molecule has 106 valence electrons. The first kappa shape index (κ1) is 13.8. The van der Waals surface area contributed by atoms with Crippen molar-refractivity contribution in [3.8, 4) is 22.5 Å². The quantitative estimate of drug-likeness (QED) is 0.732. The Hall–Kier alpha value is -2.21. The molecule has 0 aliphatic rings. The third-order valence-corrected chi connectivity index (χ3v) is 3.86. The highest BCUT2D eigenvalue weighted by Crippen LogP contribution is 2.40. The van der Waals surface area contributed by atoms with Gasteiger partial charge in [0.1, 0.15) is 11.6 Å². The van der Waals surface area contributed by atoms with Crippen molar-refractivity contribution in [2.75, 3.05) is 5.73 Å². The molecule has 0 saturated heterocycles. The van der Waals surface area contributed by atoms with Gasteiger partial charge in [-0.25, -0.2) is 8.78 Å². The normalized spacial score (nSPS) is 10.8. The van der Waals surface area contributed by atoms with Crippen LogP contribution >= 0.6 is 15.9 Å². The van der Waals surface area contributed by atoms with Crippen LogP contribution in [0.3, 0.4) is 0 Å². The molecule has 0 saturated carbocycles. The van der Waals surface area contributed by atoms with E-state index in [2.05, 4.69) is 21.1 Å². The summed E-state index contributed by atoms with van der Waals surface area (Å²) in [5, 5.41) is 3.67. The Morgan fingerprint density at radius 3 is 2.38 bits per heavy atom. The van der Waals surface area contributed by atoms with Gasteiger partial charge in [0.25, 0.3) is 0 Å². The van der Waals surface area contributed by atoms with Gasteiger partial charge in [-0.2, -0.15) is 0 Å². The molecule has 0 amide bonds. The molecule has 3 aromatic rings. The Morgan fingerprint density at radius 2 is 1.62 bits per heavy atom. The fourth-order valence-corrected chi connectivity index (χ4v) is 2.53. The number of rotatable bonds is 2. The highest BCUT2D eigenvalue weighted by Gasteiger charge is 2.22. The van der Waals surface area contributed by atoms with Crippen molar-refractivity contribution in [2.45, 2.75) is 0 Å². The van der Waals surface area contributed by atoms with Crippen molar-refractivity contribution in [1.82, 2.24) is 5.16 Å². The van der Waals surface area contributed by atoms with Crippen LogP contribution in [0.25, 0.3) is 22.5 Å². The van der Waals surface area contributed by atoms with Crippen LogP contribution in [0.5, 0.6) is 0 Å². The molecule has 0 radical (unpaired) electrons. The predicted octanol–water partition coefficient (Wildman–Crippen LogP) is 4.63. The zero-order chi connectivity index (χ0) is 15.0. The van der Waals surface area contributed by atoms with Gasteiger partial charge < -0.3 is 10.3 Å². The first-order valence-electron chi connectivity index (χ1n) is 6.04. The van der Waals surface area contributed by atoms with E-state index in [1.165, 1.54) is 18.2 Å². The third kappa shape index (κ3) is 2.31. The highest BCUT2D eigenvalue weighted by atomic mass is 79.9. The minimum absolute atomic E-state index is 0.0475. The number of hydrogen-bond acceptors (Lipinski definition) is 3. The second kappa shape index (κ2) is 5.29. The molecule has 0 unspecified atom stereocenters. The van der Waals surface area contributed by atoms with Crippen LogP contribution in [-0.2, 0) is 0 Å². The van der Waals surface area contributed by atoms with Crippen LogP contribution in [0.2, 0.25) is 0 Å². The van der Waals surface area contributed by atoms with E-state index in [1.54, 1.807) is 24.3 Å².